The SMILES string of the molecule is CC(C)c1ccccc1-n1c(O)cn(C)c1=S. The van der Waals surface area contributed by atoms with Crippen molar-refractivity contribution in [2.75, 3.05) is 0 Å². The highest BCUT2D eigenvalue weighted by Gasteiger charge is 2.12. The summed E-state index contributed by atoms with van der Waals surface area (Å²) in [5, 5.41) is 9.95. The van der Waals surface area contributed by atoms with E-state index in [0.717, 1.165) is 5.69 Å². The van der Waals surface area contributed by atoms with E-state index in [0.29, 0.717) is 10.7 Å². The van der Waals surface area contributed by atoms with Crippen LogP contribution >= 0.6 is 12.2 Å². The monoisotopic (exact) mass is 248 g/mol. The minimum absolute atomic E-state index is 0.172. The minimum atomic E-state index is 0.172. The summed E-state index contributed by atoms with van der Waals surface area (Å²) in [7, 11) is 1.83. The Bertz CT molecular complexity index is 596. The van der Waals surface area contributed by atoms with Gasteiger partial charge < -0.3 is 9.67 Å². The van der Waals surface area contributed by atoms with Crippen LogP contribution in [0.1, 0.15) is 25.3 Å². The predicted octanol–water partition coefficient (Wildman–Crippen LogP) is 3.37. The van der Waals surface area contributed by atoms with Crippen molar-refractivity contribution >= 4 is 12.2 Å². The molecule has 0 radical (unpaired) electrons. The van der Waals surface area contributed by atoms with E-state index in [4.69, 9.17) is 12.2 Å². The molecule has 1 heterocycles. The average molecular weight is 248 g/mol. The van der Waals surface area contributed by atoms with Crippen LogP contribution in [-0.2, 0) is 7.05 Å². The zero-order valence-corrected chi connectivity index (χ0v) is 11.0. The summed E-state index contributed by atoms with van der Waals surface area (Å²) < 4.78 is 4.03. The van der Waals surface area contributed by atoms with Crippen molar-refractivity contribution in [3.63, 3.8) is 0 Å². The molecule has 0 amide bonds. The predicted molar refractivity (Wildman–Crippen MR) is 71.3 cm³/mol. The van der Waals surface area contributed by atoms with Crippen LogP contribution in [0, 0.1) is 4.77 Å². The number of hydrogen-bond acceptors (Lipinski definition) is 2. The molecule has 0 aliphatic heterocycles. The van der Waals surface area contributed by atoms with Crippen LogP contribution in [0.4, 0.5) is 0 Å². The summed E-state index contributed by atoms with van der Waals surface area (Å²) in [6.07, 6.45) is 1.62. The Labute approximate surface area is 106 Å². The van der Waals surface area contributed by atoms with Crippen LogP contribution in [0.3, 0.4) is 0 Å². The van der Waals surface area contributed by atoms with Crippen LogP contribution in [0.15, 0.2) is 30.5 Å². The number of para-hydroxylation sites is 1. The fraction of sp³-hybridized carbons (Fsp3) is 0.308. The lowest BCUT2D eigenvalue weighted by molar-refractivity contribution is 0.441. The van der Waals surface area contributed by atoms with E-state index in [-0.39, 0.29) is 5.88 Å². The molecule has 0 atom stereocenters. The smallest absolute Gasteiger partial charge is 0.214 e. The molecule has 1 aromatic carbocycles. The standard InChI is InChI=1S/C13H16N2OS/c1-9(2)10-6-4-5-7-11(10)15-12(16)8-14(3)13(15)17/h4-9,16H,1-3H3. The van der Waals surface area contributed by atoms with Gasteiger partial charge in [0.05, 0.1) is 11.9 Å². The van der Waals surface area contributed by atoms with Gasteiger partial charge in [0.25, 0.3) is 0 Å². The number of aryl methyl sites for hydroxylation is 1. The molecular weight excluding hydrogens is 232 g/mol. The zero-order chi connectivity index (χ0) is 12.6. The molecule has 0 unspecified atom stereocenters. The second kappa shape index (κ2) is 4.37. The van der Waals surface area contributed by atoms with Crippen molar-refractivity contribution in [3.05, 3.63) is 40.8 Å². The Morgan fingerprint density at radius 3 is 2.41 bits per heavy atom. The van der Waals surface area contributed by atoms with Crippen molar-refractivity contribution in [2.24, 2.45) is 7.05 Å². The van der Waals surface area contributed by atoms with Crippen molar-refractivity contribution in [3.8, 4) is 11.6 Å². The summed E-state index contributed by atoms with van der Waals surface area (Å²) in [5.41, 5.74) is 2.12. The first kappa shape index (κ1) is 11.9. The van der Waals surface area contributed by atoms with Gasteiger partial charge >= 0.3 is 0 Å². The van der Waals surface area contributed by atoms with Gasteiger partial charge in [-0.3, -0.25) is 4.57 Å². The van der Waals surface area contributed by atoms with E-state index in [9.17, 15) is 5.11 Å². The highest BCUT2D eigenvalue weighted by atomic mass is 32.1. The maximum atomic E-state index is 9.95. The van der Waals surface area contributed by atoms with Gasteiger partial charge in [-0.25, -0.2) is 0 Å². The van der Waals surface area contributed by atoms with Crippen LogP contribution in [0.25, 0.3) is 5.69 Å². The zero-order valence-electron chi connectivity index (χ0n) is 10.2. The molecule has 0 saturated heterocycles. The largest absolute Gasteiger partial charge is 0.493 e. The molecule has 0 spiro atoms. The van der Waals surface area contributed by atoms with Crippen molar-refractivity contribution < 1.29 is 5.11 Å². The third kappa shape index (κ3) is 2.00. The average Bonchev–Trinajstić information content (AvgIpc) is 2.53. The lowest BCUT2D eigenvalue weighted by Crippen LogP contribution is -2.01. The fourth-order valence-corrected chi connectivity index (χ4v) is 2.19. The van der Waals surface area contributed by atoms with Gasteiger partial charge in [-0.2, -0.15) is 0 Å². The molecule has 3 nitrogen and oxygen atoms in total. The van der Waals surface area contributed by atoms with Gasteiger partial charge in [-0.15, -0.1) is 0 Å². The van der Waals surface area contributed by atoms with E-state index in [1.54, 1.807) is 15.3 Å². The molecule has 0 saturated carbocycles. The lowest BCUT2D eigenvalue weighted by Gasteiger charge is -2.13. The van der Waals surface area contributed by atoms with Gasteiger partial charge in [-0.05, 0) is 29.8 Å². The summed E-state index contributed by atoms with van der Waals surface area (Å²) >= 11 is 5.31. The number of aromatic nitrogens is 2. The number of rotatable bonds is 2. The van der Waals surface area contributed by atoms with Crippen LogP contribution < -0.4 is 0 Å². The summed E-state index contributed by atoms with van der Waals surface area (Å²) in [6, 6.07) is 8.00. The molecule has 0 fully saturated rings. The molecule has 1 aromatic heterocycles. The number of nitrogens with zero attached hydrogens (tertiary/aromatic N) is 2. The number of benzene rings is 1. The molecule has 0 aliphatic rings. The summed E-state index contributed by atoms with van der Waals surface area (Å²) in [4.78, 5) is 0. The Hall–Kier alpha value is -1.55. The first-order valence-corrected chi connectivity index (χ1v) is 6.00. The first-order valence-electron chi connectivity index (χ1n) is 5.59. The molecule has 17 heavy (non-hydrogen) atoms. The number of imidazole rings is 1. The third-order valence-corrected chi connectivity index (χ3v) is 3.30. The van der Waals surface area contributed by atoms with Crippen LogP contribution in [-0.4, -0.2) is 14.2 Å². The van der Waals surface area contributed by atoms with Gasteiger partial charge in [0.1, 0.15) is 0 Å². The Morgan fingerprint density at radius 2 is 1.88 bits per heavy atom. The van der Waals surface area contributed by atoms with Crippen molar-refractivity contribution in [1.29, 1.82) is 0 Å². The maximum Gasteiger partial charge on any atom is 0.214 e. The van der Waals surface area contributed by atoms with E-state index >= 15 is 0 Å². The number of hydrogen-bond donors (Lipinski definition) is 1. The minimum Gasteiger partial charge on any atom is -0.493 e. The molecule has 0 bridgehead atoms. The quantitative estimate of drug-likeness (QED) is 0.826. The topological polar surface area (TPSA) is 30.1 Å². The van der Waals surface area contributed by atoms with Gasteiger partial charge in [-0.1, -0.05) is 32.0 Å². The molecule has 2 aromatic rings. The highest BCUT2D eigenvalue weighted by molar-refractivity contribution is 7.71. The van der Waals surface area contributed by atoms with Gasteiger partial charge in [0, 0.05) is 7.05 Å². The molecule has 2 rings (SSSR count). The highest BCUT2D eigenvalue weighted by Crippen LogP contribution is 2.27. The molecule has 0 aliphatic carbocycles. The Morgan fingerprint density at radius 1 is 1.24 bits per heavy atom. The van der Waals surface area contributed by atoms with Crippen LogP contribution in [0.2, 0.25) is 0 Å². The van der Waals surface area contributed by atoms with E-state index in [2.05, 4.69) is 19.9 Å². The lowest BCUT2D eigenvalue weighted by atomic mass is 10.0. The molecule has 4 heteroatoms. The first-order chi connectivity index (χ1) is 8.02. The fourth-order valence-electron chi connectivity index (χ4n) is 1.95. The molecular formula is C13H16N2OS. The van der Waals surface area contributed by atoms with Crippen molar-refractivity contribution in [2.45, 2.75) is 19.8 Å². The van der Waals surface area contributed by atoms with Gasteiger partial charge in [0.2, 0.25) is 5.88 Å². The normalized spacial score (nSPS) is 11.1. The summed E-state index contributed by atoms with van der Waals surface area (Å²) in [6.45, 7) is 4.25. The molecule has 90 valence electrons. The number of aromatic hydroxyl groups is 1. The van der Waals surface area contributed by atoms with Crippen molar-refractivity contribution in [1.82, 2.24) is 9.13 Å². The Kier molecular flexibility index (Phi) is 3.07. The van der Waals surface area contributed by atoms with Crippen LogP contribution in [0.5, 0.6) is 5.88 Å². The van der Waals surface area contributed by atoms with E-state index in [1.165, 1.54) is 5.56 Å². The second-order valence-corrected chi connectivity index (χ2v) is 4.79. The van der Waals surface area contributed by atoms with E-state index < -0.39 is 0 Å². The Balaban J connectivity index is 2.73. The van der Waals surface area contributed by atoms with E-state index in [1.807, 2.05) is 25.2 Å². The second-order valence-electron chi connectivity index (χ2n) is 4.43. The summed E-state index contributed by atoms with van der Waals surface area (Å²) in [5.74, 6) is 0.554. The molecule has 1 N–H and O–H groups in total. The van der Waals surface area contributed by atoms with Gasteiger partial charge in [0.15, 0.2) is 4.77 Å². The maximum absolute atomic E-state index is 9.95. The third-order valence-electron chi connectivity index (χ3n) is 2.83.